The van der Waals surface area contributed by atoms with Crippen LogP contribution in [0, 0.1) is 5.92 Å². The Kier molecular flexibility index (Phi) is 6.39. The average Bonchev–Trinajstić information content (AvgIpc) is 1.96. The van der Waals surface area contributed by atoms with Gasteiger partial charge in [0.15, 0.2) is 0 Å². The van der Waals surface area contributed by atoms with Crippen LogP contribution < -0.4 is 5.32 Å². The van der Waals surface area contributed by atoms with Gasteiger partial charge in [-0.1, -0.05) is 19.9 Å². The molecule has 0 amide bonds. The Bertz CT molecular complexity index is 155. The third kappa shape index (κ3) is 8.95. The molecular formula is C9H16N2. The molecule has 0 rings (SSSR count). The monoisotopic (exact) mass is 152 g/mol. The molecule has 0 bridgehead atoms. The zero-order valence-electron chi connectivity index (χ0n) is 7.41. The summed E-state index contributed by atoms with van der Waals surface area (Å²) in [4.78, 5) is 4.02. The molecule has 62 valence electrons. The Morgan fingerprint density at radius 3 is 2.64 bits per heavy atom. The van der Waals surface area contributed by atoms with Gasteiger partial charge in [-0.3, -0.25) is 4.99 Å². The lowest BCUT2D eigenvalue weighted by Gasteiger charge is -1.88. The minimum Gasteiger partial charge on any atom is -0.394 e. The zero-order valence-corrected chi connectivity index (χ0v) is 7.41. The molecule has 0 saturated carbocycles. The highest BCUT2D eigenvalue weighted by atomic mass is 14.8. The third-order valence-corrected chi connectivity index (χ3v) is 0.992. The fourth-order valence-electron chi connectivity index (χ4n) is 0.460. The number of rotatable bonds is 4. The van der Waals surface area contributed by atoms with Crippen molar-refractivity contribution in [3.05, 3.63) is 24.6 Å². The lowest BCUT2D eigenvalue weighted by molar-refractivity contribution is 0.829. The summed E-state index contributed by atoms with van der Waals surface area (Å²) < 4.78 is 0. The second-order valence-electron chi connectivity index (χ2n) is 2.53. The Hall–Kier alpha value is -1.05. The molecule has 0 aliphatic heterocycles. The van der Waals surface area contributed by atoms with E-state index in [0.717, 1.165) is 0 Å². The number of nitrogens with one attached hydrogen (secondary N) is 1. The van der Waals surface area contributed by atoms with E-state index in [1.165, 1.54) is 0 Å². The van der Waals surface area contributed by atoms with Gasteiger partial charge in [-0.05, 0) is 18.2 Å². The number of aliphatic imine (C=N–C) groups is 1. The molecule has 11 heavy (non-hydrogen) atoms. The fourth-order valence-corrected chi connectivity index (χ4v) is 0.460. The van der Waals surface area contributed by atoms with Crippen molar-refractivity contribution in [3.63, 3.8) is 0 Å². The van der Waals surface area contributed by atoms with Crippen LogP contribution in [-0.4, -0.2) is 13.3 Å². The van der Waals surface area contributed by atoms with Crippen molar-refractivity contribution in [1.29, 1.82) is 0 Å². The molecule has 1 N–H and O–H groups in total. The molecule has 0 fully saturated rings. The second-order valence-corrected chi connectivity index (χ2v) is 2.53. The highest BCUT2D eigenvalue weighted by Crippen LogP contribution is 1.92. The van der Waals surface area contributed by atoms with Gasteiger partial charge in [-0.15, -0.1) is 0 Å². The normalized spacial score (nSPS) is 12.7. The van der Waals surface area contributed by atoms with E-state index in [-0.39, 0.29) is 0 Å². The summed E-state index contributed by atoms with van der Waals surface area (Å²) in [6.45, 7) is 4.24. The smallest absolute Gasteiger partial charge is 0.0282 e. The molecule has 2 heteroatoms. The standard InChI is InChI=1S/C9H16N2/c1-9(2)5-8-11-7-4-6-10-3/h4-10H,1-3H3/b6-4-,8-5+,11-7-. The largest absolute Gasteiger partial charge is 0.394 e. The summed E-state index contributed by atoms with van der Waals surface area (Å²) in [5, 5.41) is 2.87. The maximum Gasteiger partial charge on any atom is 0.0282 e. The summed E-state index contributed by atoms with van der Waals surface area (Å²) in [6, 6.07) is 0. The molecule has 0 heterocycles. The van der Waals surface area contributed by atoms with Crippen LogP contribution in [0.3, 0.4) is 0 Å². The number of nitrogens with zero attached hydrogens (tertiary/aromatic N) is 1. The molecule has 0 radical (unpaired) electrons. The number of allylic oxidation sites excluding steroid dienone is 2. The average molecular weight is 152 g/mol. The maximum absolute atomic E-state index is 4.02. The Balaban J connectivity index is 3.51. The van der Waals surface area contributed by atoms with Crippen molar-refractivity contribution in [1.82, 2.24) is 5.32 Å². The van der Waals surface area contributed by atoms with E-state index < -0.39 is 0 Å². The predicted octanol–water partition coefficient (Wildman–Crippen LogP) is 1.96. The van der Waals surface area contributed by atoms with E-state index in [1.807, 2.05) is 31.6 Å². The molecular weight excluding hydrogens is 136 g/mol. The van der Waals surface area contributed by atoms with Crippen molar-refractivity contribution < 1.29 is 0 Å². The SMILES string of the molecule is CN\C=C/C=N\C=C\C(C)C. The predicted molar refractivity (Wildman–Crippen MR) is 50.7 cm³/mol. The molecule has 2 nitrogen and oxygen atoms in total. The molecule has 0 atom stereocenters. The van der Waals surface area contributed by atoms with Gasteiger partial charge < -0.3 is 5.32 Å². The Morgan fingerprint density at radius 1 is 1.36 bits per heavy atom. The van der Waals surface area contributed by atoms with Crippen molar-refractivity contribution in [2.45, 2.75) is 13.8 Å². The Morgan fingerprint density at radius 2 is 2.09 bits per heavy atom. The molecule has 0 aromatic heterocycles. The Labute approximate surface area is 68.7 Å². The molecule has 0 aliphatic rings. The van der Waals surface area contributed by atoms with Gasteiger partial charge in [-0.25, -0.2) is 0 Å². The van der Waals surface area contributed by atoms with Gasteiger partial charge in [0.1, 0.15) is 0 Å². The van der Waals surface area contributed by atoms with Crippen LogP contribution in [0.4, 0.5) is 0 Å². The van der Waals surface area contributed by atoms with Gasteiger partial charge >= 0.3 is 0 Å². The first-order valence-electron chi connectivity index (χ1n) is 3.79. The van der Waals surface area contributed by atoms with E-state index in [1.54, 1.807) is 6.21 Å². The van der Waals surface area contributed by atoms with E-state index in [9.17, 15) is 0 Å². The first kappa shape index (κ1) is 9.95. The maximum atomic E-state index is 4.02. The van der Waals surface area contributed by atoms with Crippen molar-refractivity contribution in [3.8, 4) is 0 Å². The van der Waals surface area contributed by atoms with E-state index >= 15 is 0 Å². The lowest BCUT2D eigenvalue weighted by atomic mass is 10.2. The summed E-state index contributed by atoms with van der Waals surface area (Å²) in [5.41, 5.74) is 0. The third-order valence-electron chi connectivity index (χ3n) is 0.992. The molecule has 0 saturated heterocycles. The number of hydrogen-bond acceptors (Lipinski definition) is 2. The number of hydrogen-bond donors (Lipinski definition) is 1. The fraction of sp³-hybridized carbons (Fsp3) is 0.444. The molecule has 0 aromatic rings. The van der Waals surface area contributed by atoms with Gasteiger partial charge in [0, 0.05) is 19.5 Å². The van der Waals surface area contributed by atoms with Crippen LogP contribution in [-0.2, 0) is 0 Å². The molecule has 0 aliphatic carbocycles. The van der Waals surface area contributed by atoms with Crippen LogP contribution in [0.1, 0.15) is 13.8 Å². The summed E-state index contributed by atoms with van der Waals surface area (Å²) in [6.07, 6.45) is 9.28. The van der Waals surface area contributed by atoms with Crippen LogP contribution in [0.2, 0.25) is 0 Å². The van der Waals surface area contributed by atoms with Crippen molar-refractivity contribution in [2.24, 2.45) is 10.9 Å². The van der Waals surface area contributed by atoms with Crippen LogP contribution >= 0.6 is 0 Å². The lowest BCUT2D eigenvalue weighted by Crippen LogP contribution is -1.90. The van der Waals surface area contributed by atoms with E-state index in [0.29, 0.717) is 5.92 Å². The quantitative estimate of drug-likeness (QED) is 0.612. The molecule has 0 aromatic carbocycles. The van der Waals surface area contributed by atoms with Crippen molar-refractivity contribution >= 4 is 6.21 Å². The van der Waals surface area contributed by atoms with E-state index in [4.69, 9.17) is 0 Å². The first-order valence-corrected chi connectivity index (χ1v) is 3.79. The highest BCUT2D eigenvalue weighted by molar-refractivity contribution is 5.71. The summed E-state index contributed by atoms with van der Waals surface area (Å²) >= 11 is 0. The first-order chi connectivity index (χ1) is 5.27. The molecule has 0 unspecified atom stereocenters. The minimum absolute atomic E-state index is 0.570. The summed E-state index contributed by atoms with van der Waals surface area (Å²) in [5.74, 6) is 0.570. The van der Waals surface area contributed by atoms with Gasteiger partial charge in [0.25, 0.3) is 0 Å². The van der Waals surface area contributed by atoms with Crippen LogP contribution in [0.5, 0.6) is 0 Å². The topological polar surface area (TPSA) is 24.4 Å². The van der Waals surface area contributed by atoms with Gasteiger partial charge in [-0.2, -0.15) is 0 Å². The van der Waals surface area contributed by atoms with Crippen LogP contribution in [0.25, 0.3) is 0 Å². The molecule has 0 spiro atoms. The minimum atomic E-state index is 0.570. The van der Waals surface area contributed by atoms with Gasteiger partial charge in [0.05, 0.1) is 0 Å². The van der Waals surface area contributed by atoms with E-state index in [2.05, 4.69) is 24.2 Å². The summed E-state index contributed by atoms with van der Waals surface area (Å²) in [7, 11) is 1.86. The zero-order chi connectivity index (χ0) is 8.53. The van der Waals surface area contributed by atoms with Crippen LogP contribution in [0.15, 0.2) is 29.5 Å². The van der Waals surface area contributed by atoms with Gasteiger partial charge in [0.2, 0.25) is 0 Å². The highest BCUT2D eigenvalue weighted by Gasteiger charge is 1.78. The van der Waals surface area contributed by atoms with Crippen molar-refractivity contribution in [2.75, 3.05) is 7.05 Å². The second kappa shape index (κ2) is 7.06.